The molecule has 5 aliphatic carbocycles. The first-order chi connectivity index (χ1) is 50.9. The fraction of sp³-hybridized carbons (Fsp3) is 0.776. The number of carboxylic acid groups (broad SMARTS) is 1. The first-order valence-corrected chi connectivity index (χ1v) is 37.6. The molecule has 11 aliphatic rings. The molecule has 0 amide bonds. The largest absolute Gasteiger partial charge is 0.479 e. The third-order valence-electron chi connectivity index (χ3n) is 27.5. The summed E-state index contributed by atoms with van der Waals surface area (Å²) in [7, 11) is 0. The van der Waals surface area contributed by atoms with Gasteiger partial charge < -0.3 is 143 Å². The Hall–Kier alpha value is -4.45. The van der Waals surface area contributed by atoms with Crippen molar-refractivity contribution in [2.75, 3.05) is 13.2 Å². The molecule has 6 aliphatic heterocycles. The van der Waals surface area contributed by atoms with E-state index in [1.165, 1.54) is 19.9 Å². The topological polar surface area (TPSA) is 495 Å². The van der Waals surface area contributed by atoms with Crippen LogP contribution in [0.3, 0.4) is 0 Å². The Labute approximate surface area is 624 Å². The first kappa shape index (κ1) is 81.6. The van der Waals surface area contributed by atoms with Crippen LogP contribution in [0.4, 0.5) is 0 Å². The van der Waals surface area contributed by atoms with Crippen molar-refractivity contribution >= 4 is 24.0 Å². The molecule has 5 saturated carbocycles. The van der Waals surface area contributed by atoms with Crippen molar-refractivity contribution in [3.05, 3.63) is 77.9 Å². The molecule has 6 heterocycles. The second-order valence-corrected chi connectivity index (χ2v) is 34.0. The minimum absolute atomic E-state index is 0.0823. The van der Waals surface area contributed by atoms with Gasteiger partial charge in [0.2, 0.25) is 0 Å². The van der Waals surface area contributed by atoms with Gasteiger partial charge in [0, 0.05) is 22.8 Å². The van der Waals surface area contributed by atoms with Crippen LogP contribution in [0.1, 0.15) is 130 Å². The Morgan fingerprint density at radius 2 is 1.02 bits per heavy atom. The molecule has 0 aromatic heterocycles. The zero-order chi connectivity index (χ0) is 78.2. The van der Waals surface area contributed by atoms with E-state index in [0.717, 1.165) is 0 Å². The number of rotatable bonds is 18. The molecule has 0 radical (unpaired) electrons. The third-order valence-corrected chi connectivity index (χ3v) is 27.5. The van der Waals surface area contributed by atoms with Crippen molar-refractivity contribution in [1.82, 2.24) is 0 Å². The first-order valence-electron chi connectivity index (χ1n) is 37.6. The predicted octanol–water partition coefficient (Wildman–Crippen LogP) is -0.990. The maximum atomic E-state index is 14.4. The molecular formula is C76H108O32. The van der Waals surface area contributed by atoms with Crippen molar-refractivity contribution in [3.63, 3.8) is 0 Å². The number of aliphatic carboxylic acids is 1. The van der Waals surface area contributed by atoms with Gasteiger partial charge in [-0.1, -0.05) is 97.0 Å². The van der Waals surface area contributed by atoms with Crippen molar-refractivity contribution in [2.24, 2.45) is 50.2 Å². The van der Waals surface area contributed by atoms with Crippen LogP contribution in [0.5, 0.6) is 0 Å². The van der Waals surface area contributed by atoms with E-state index in [4.69, 9.17) is 61.6 Å². The smallest absolute Gasteiger partial charge is 0.338 e. The quantitative estimate of drug-likeness (QED) is 0.0484. The highest BCUT2D eigenvalue weighted by Crippen LogP contribution is 2.82. The maximum Gasteiger partial charge on any atom is 0.338 e. The standard InChI is InChI=1S/C76H108O32/c1-32-44(81)48(85)52(89)64(96-32)104-57-50(87)45(82)33(2)97-66(57)105-58-51(88)47(84)37(31-78)99-67(58)102-55-54(91)56(62(92)93)103-68(59(55)106-65-53(90)49(86)46(83)36(30-77)98-65)100-42-24-25-72(7)38(71(42,5)6)22-26-73(8)39(72)23-27-75-40-28-70(3,4)60(107-63(94)35-18-14-11-15-19-35)61(101-43(80)21-20-34-16-12-10-13-17-34)76(40,69(95)108-75)41(79)29-74(73,75)9/h10-21,32-33,36-42,44-61,64-69,77-79,81-91,95H,22-31H2,1-9H3,(H,92,93)/b21-20-/t32-,33-,36+,37+,38-,39+,40+,41+,42-,44-,45-,46-,47-,48+,49-,50+,51-,52+,53+,54-,55-,56-,57+,58+,59+,60-,61-,64+,65-,66+,67-,68+,69-,72-,73+,74-,75-,76+/m0/s1. The van der Waals surface area contributed by atoms with E-state index in [1.54, 1.807) is 36.4 Å². The summed E-state index contributed by atoms with van der Waals surface area (Å²) in [5, 5.41) is 183. The Morgan fingerprint density at radius 3 is 1.65 bits per heavy atom. The number of carbonyl (C=O) groups is 3. The molecular weight excluding hydrogens is 1420 g/mol. The Bertz CT molecular complexity index is 3520. The lowest BCUT2D eigenvalue weighted by atomic mass is 9.30. The number of hydrogen-bond donors (Lipinski definition) is 16. The molecule has 2 aromatic rings. The molecule has 2 bridgehead atoms. The van der Waals surface area contributed by atoms with Crippen molar-refractivity contribution in [3.8, 4) is 0 Å². The molecule has 11 fully saturated rings. The van der Waals surface area contributed by atoms with Gasteiger partial charge >= 0.3 is 17.9 Å². The molecule has 32 heteroatoms. The third kappa shape index (κ3) is 13.3. The zero-order valence-corrected chi connectivity index (χ0v) is 61.7. The lowest BCUT2D eigenvalue weighted by molar-refractivity contribution is -0.412. The van der Waals surface area contributed by atoms with Gasteiger partial charge in [-0.3, -0.25) is 0 Å². The summed E-state index contributed by atoms with van der Waals surface area (Å²) in [5.74, 6) is -4.27. The van der Waals surface area contributed by atoms with Crippen LogP contribution in [0.2, 0.25) is 0 Å². The van der Waals surface area contributed by atoms with Crippen molar-refractivity contribution < 1.29 is 158 Å². The van der Waals surface area contributed by atoms with Crippen LogP contribution < -0.4 is 0 Å². The lowest BCUT2D eigenvalue weighted by Gasteiger charge is -2.75. The van der Waals surface area contributed by atoms with Gasteiger partial charge in [-0.05, 0) is 117 Å². The number of aliphatic hydroxyl groups is 15. The average molecular weight is 1530 g/mol. The van der Waals surface area contributed by atoms with Crippen molar-refractivity contribution in [1.29, 1.82) is 0 Å². The van der Waals surface area contributed by atoms with Gasteiger partial charge in [0.05, 0.1) is 54.2 Å². The van der Waals surface area contributed by atoms with Crippen LogP contribution in [0, 0.1) is 50.2 Å². The molecule has 32 nitrogen and oxygen atoms in total. The van der Waals surface area contributed by atoms with Gasteiger partial charge in [0.25, 0.3) is 0 Å². The molecule has 38 atom stereocenters. The summed E-state index contributed by atoms with van der Waals surface area (Å²) in [6.45, 7) is 15.1. The molecule has 1 spiro atoms. The van der Waals surface area contributed by atoms with Crippen molar-refractivity contribution in [2.45, 2.75) is 304 Å². The number of esters is 2. The fourth-order valence-electron chi connectivity index (χ4n) is 21.6. The second-order valence-electron chi connectivity index (χ2n) is 34.0. The van der Waals surface area contributed by atoms with Gasteiger partial charge in [0.1, 0.15) is 110 Å². The monoisotopic (exact) mass is 1530 g/mol. The summed E-state index contributed by atoms with van der Waals surface area (Å²) < 4.78 is 82.4. The molecule has 604 valence electrons. The summed E-state index contributed by atoms with van der Waals surface area (Å²) in [4.78, 5) is 42.2. The maximum absolute atomic E-state index is 14.4. The number of ether oxygens (including phenoxy) is 13. The summed E-state index contributed by atoms with van der Waals surface area (Å²) in [5.41, 5.74) is -5.88. The normalized spacial score (nSPS) is 50.3. The average Bonchev–Trinajstić information content (AvgIpc) is 1.39. The van der Waals surface area contributed by atoms with Crippen LogP contribution in [0.25, 0.3) is 6.08 Å². The molecule has 13 rings (SSSR count). The molecule has 0 unspecified atom stereocenters. The van der Waals surface area contributed by atoms with E-state index in [0.29, 0.717) is 37.7 Å². The fourth-order valence-corrected chi connectivity index (χ4v) is 21.6. The Kier molecular flexibility index (Phi) is 22.9. The SMILES string of the molecule is C[C@@H]1O[C@H](O[C@H]2[C@@H](O[C@H]3[C@H](O[C@H]4[C@H](O)[C@@H](C(=O)O)O[C@@H](O[C@H]5CC[C@]6(C)[C@H]7CC[C@@]89O[C@H](O)[C@]%10([C@H](O)C[C@@]8(C)[C@]7(C)CC[C@H]6C5(C)C)[C@@H](OC(=O)/C=C\c5ccccc5)[C@H](OC(=O)c5ccccc5)C(C)(C)C[C@@H]%109)[C@@H]4O[C@@H]4O[C@H](CO)[C@H](O)[C@H](O)[C@H]4O)O[C@H](CO)[C@H](O)[C@@H]3O)O[C@@H](C)[C@H](O)[C@H]2O)[C@H](O)[C@H](O)[C@H]1O. The second kappa shape index (κ2) is 30.4. The minimum Gasteiger partial charge on any atom is -0.479 e. The van der Waals surface area contributed by atoms with Gasteiger partial charge in [-0.2, -0.15) is 0 Å². The number of aliphatic hydroxyl groups excluding tert-OH is 15. The van der Waals surface area contributed by atoms with E-state index in [-0.39, 0.29) is 36.7 Å². The van der Waals surface area contributed by atoms with E-state index in [2.05, 4.69) is 20.8 Å². The van der Waals surface area contributed by atoms with Crippen LogP contribution >= 0.6 is 0 Å². The summed E-state index contributed by atoms with van der Waals surface area (Å²) in [6.07, 6.45) is -49.2. The van der Waals surface area contributed by atoms with Gasteiger partial charge in [-0.25, -0.2) is 14.4 Å². The number of benzene rings is 2. The zero-order valence-electron chi connectivity index (χ0n) is 61.7. The number of fused-ring (bicyclic) bond motifs is 4. The van der Waals surface area contributed by atoms with E-state index >= 15 is 0 Å². The van der Waals surface area contributed by atoms with Crippen LogP contribution in [-0.2, 0) is 71.2 Å². The van der Waals surface area contributed by atoms with Crippen LogP contribution in [0.15, 0.2) is 66.7 Å². The minimum atomic E-state index is -2.38. The highest BCUT2D eigenvalue weighted by atomic mass is 16.8. The number of carboxylic acids is 1. The number of hydrogen-bond acceptors (Lipinski definition) is 31. The van der Waals surface area contributed by atoms with E-state index in [9.17, 15) is 96.1 Å². The summed E-state index contributed by atoms with van der Waals surface area (Å²) >= 11 is 0. The van der Waals surface area contributed by atoms with Gasteiger partial charge in [-0.15, -0.1) is 0 Å². The van der Waals surface area contributed by atoms with Gasteiger partial charge in [0.15, 0.2) is 49.9 Å². The lowest BCUT2D eigenvalue weighted by Crippen LogP contribution is -2.77. The highest BCUT2D eigenvalue weighted by molar-refractivity contribution is 5.90. The van der Waals surface area contributed by atoms with E-state index in [1.807, 2.05) is 58.0 Å². The molecule has 2 aromatic carbocycles. The Morgan fingerprint density at radius 1 is 0.500 bits per heavy atom. The predicted molar refractivity (Wildman–Crippen MR) is 365 cm³/mol. The number of carbonyl (C=O) groups excluding carboxylic acids is 2. The Balaban J connectivity index is 0.808. The van der Waals surface area contributed by atoms with E-state index < -0.39 is 259 Å². The molecule has 6 saturated heterocycles. The molecule has 108 heavy (non-hydrogen) atoms. The summed E-state index contributed by atoms with van der Waals surface area (Å²) in [6, 6.07) is 17.5. The molecule has 16 N–H and O–H groups in total. The highest BCUT2D eigenvalue weighted by Gasteiger charge is 2.86. The van der Waals surface area contributed by atoms with Crippen LogP contribution in [-0.4, -0.2) is 303 Å².